The molecule has 0 spiro atoms. The lowest BCUT2D eigenvalue weighted by Crippen LogP contribution is -2.59. The highest BCUT2D eigenvalue weighted by atomic mass is 16.2. The molecule has 0 unspecified atom stereocenters. The van der Waals surface area contributed by atoms with Gasteiger partial charge in [-0.3, -0.25) is 24.4 Å². The van der Waals surface area contributed by atoms with Gasteiger partial charge in [-0.1, -0.05) is 60.7 Å². The number of aromatic nitrogens is 1. The predicted octanol–water partition coefficient (Wildman–Crippen LogP) is 3.43. The van der Waals surface area contributed by atoms with Crippen LogP contribution in [0.3, 0.4) is 0 Å². The molecule has 1 aliphatic heterocycles. The van der Waals surface area contributed by atoms with E-state index in [0.717, 1.165) is 16.7 Å². The van der Waals surface area contributed by atoms with Crippen LogP contribution in [0.15, 0.2) is 85.2 Å². The number of hydrogen-bond donors (Lipinski definition) is 0. The minimum absolute atomic E-state index is 0.129. The second-order valence-electron chi connectivity index (χ2n) is 7.21. The van der Waals surface area contributed by atoms with Crippen molar-refractivity contribution in [3.8, 4) is 0 Å². The van der Waals surface area contributed by atoms with Crippen LogP contribution in [-0.4, -0.2) is 32.6 Å². The minimum atomic E-state index is -0.947. The third-order valence-electron chi connectivity index (χ3n) is 5.15. The van der Waals surface area contributed by atoms with E-state index >= 15 is 0 Å². The summed E-state index contributed by atoms with van der Waals surface area (Å²) in [6, 6.07) is 21.6. The largest absolute Gasteiger partial charge is 0.334 e. The predicted molar refractivity (Wildman–Crippen MR) is 111 cm³/mol. The summed E-state index contributed by atoms with van der Waals surface area (Å²) in [4.78, 5) is 45.9. The number of pyridine rings is 1. The van der Waals surface area contributed by atoms with Crippen LogP contribution >= 0.6 is 0 Å². The van der Waals surface area contributed by atoms with Gasteiger partial charge < -0.3 is 0 Å². The van der Waals surface area contributed by atoms with Gasteiger partial charge in [0.1, 0.15) is 5.92 Å². The molecule has 2 aromatic carbocycles. The van der Waals surface area contributed by atoms with Crippen LogP contribution in [-0.2, 0) is 29.1 Å². The summed E-state index contributed by atoms with van der Waals surface area (Å²) in [5.41, 5.74) is 2.48. The Bertz CT molecular complexity index is 884. The molecule has 0 radical (unpaired) electrons. The molecule has 0 N–H and O–H groups in total. The first kappa shape index (κ1) is 19.5. The number of urea groups is 1. The molecule has 1 fully saturated rings. The first-order valence-corrected chi connectivity index (χ1v) is 9.77. The number of rotatable bonds is 6. The zero-order chi connectivity index (χ0) is 20.9. The van der Waals surface area contributed by atoms with E-state index < -0.39 is 23.8 Å². The Kier molecular flexibility index (Phi) is 5.66. The molecule has 4 rings (SSSR count). The molecule has 0 aliphatic carbocycles. The van der Waals surface area contributed by atoms with Crippen molar-refractivity contribution in [3.05, 3.63) is 102 Å². The monoisotopic (exact) mass is 399 g/mol. The molecule has 1 aromatic heterocycles. The van der Waals surface area contributed by atoms with Gasteiger partial charge in [0.15, 0.2) is 0 Å². The molecule has 4 amide bonds. The van der Waals surface area contributed by atoms with Crippen LogP contribution in [0.5, 0.6) is 0 Å². The van der Waals surface area contributed by atoms with Crippen LogP contribution in [0.4, 0.5) is 4.79 Å². The van der Waals surface area contributed by atoms with Gasteiger partial charge >= 0.3 is 6.03 Å². The van der Waals surface area contributed by atoms with E-state index in [-0.39, 0.29) is 19.5 Å². The van der Waals surface area contributed by atoms with Gasteiger partial charge in [0.2, 0.25) is 11.8 Å². The first-order valence-electron chi connectivity index (χ1n) is 9.77. The first-order chi connectivity index (χ1) is 14.6. The molecule has 6 heteroatoms. The van der Waals surface area contributed by atoms with Crippen molar-refractivity contribution in [2.75, 3.05) is 0 Å². The number of imide groups is 2. The highest BCUT2D eigenvalue weighted by Crippen LogP contribution is 2.25. The quantitative estimate of drug-likeness (QED) is 0.596. The van der Waals surface area contributed by atoms with Crippen molar-refractivity contribution < 1.29 is 14.4 Å². The summed E-state index contributed by atoms with van der Waals surface area (Å²) in [6.07, 6.45) is 3.48. The topological polar surface area (TPSA) is 70.6 Å². The maximum atomic E-state index is 13.2. The molecule has 3 aromatic rings. The highest BCUT2D eigenvalue weighted by molar-refractivity contribution is 6.16. The average molecular weight is 399 g/mol. The number of carbonyl (C=O) groups excluding carboxylic acids is 3. The van der Waals surface area contributed by atoms with Crippen LogP contribution in [0.25, 0.3) is 0 Å². The van der Waals surface area contributed by atoms with Gasteiger partial charge in [0.25, 0.3) is 0 Å². The molecule has 2 heterocycles. The van der Waals surface area contributed by atoms with E-state index in [9.17, 15) is 14.4 Å². The van der Waals surface area contributed by atoms with Crippen molar-refractivity contribution in [3.63, 3.8) is 0 Å². The zero-order valence-corrected chi connectivity index (χ0v) is 16.3. The maximum Gasteiger partial charge on any atom is 0.334 e. The van der Waals surface area contributed by atoms with E-state index in [1.54, 1.807) is 24.5 Å². The maximum absolute atomic E-state index is 13.2. The van der Waals surface area contributed by atoms with Crippen molar-refractivity contribution in [1.29, 1.82) is 0 Å². The summed E-state index contributed by atoms with van der Waals surface area (Å²) >= 11 is 0. The lowest BCUT2D eigenvalue weighted by molar-refractivity contribution is -0.150. The number of nitrogens with zero attached hydrogens (tertiary/aromatic N) is 3. The molecular formula is C24H21N3O3. The van der Waals surface area contributed by atoms with Crippen LogP contribution in [0, 0.1) is 5.92 Å². The Balaban J connectivity index is 1.65. The Morgan fingerprint density at radius 3 is 1.57 bits per heavy atom. The van der Waals surface area contributed by atoms with Gasteiger partial charge in [0, 0.05) is 12.4 Å². The average Bonchev–Trinajstić information content (AvgIpc) is 2.79. The van der Waals surface area contributed by atoms with Gasteiger partial charge in [-0.05, 0) is 35.2 Å². The van der Waals surface area contributed by atoms with Crippen molar-refractivity contribution in [1.82, 2.24) is 14.8 Å². The zero-order valence-electron chi connectivity index (χ0n) is 16.3. The summed E-state index contributed by atoms with van der Waals surface area (Å²) < 4.78 is 0. The molecule has 1 saturated heterocycles. The molecule has 0 atom stereocenters. The number of hydrogen-bond acceptors (Lipinski definition) is 4. The van der Waals surface area contributed by atoms with E-state index in [2.05, 4.69) is 4.98 Å². The number of barbiturate groups is 1. The number of amides is 4. The lowest BCUT2D eigenvalue weighted by atomic mass is 9.94. The Morgan fingerprint density at radius 1 is 0.633 bits per heavy atom. The lowest BCUT2D eigenvalue weighted by Gasteiger charge is -2.37. The highest BCUT2D eigenvalue weighted by Gasteiger charge is 2.45. The summed E-state index contributed by atoms with van der Waals surface area (Å²) in [5, 5.41) is 0. The molecule has 6 nitrogen and oxygen atoms in total. The van der Waals surface area contributed by atoms with Crippen LogP contribution in [0.2, 0.25) is 0 Å². The third-order valence-corrected chi connectivity index (χ3v) is 5.15. The van der Waals surface area contributed by atoms with Crippen molar-refractivity contribution >= 4 is 17.8 Å². The van der Waals surface area contributed by atoms with Gasteiger partial charge in [-0.15, -0.1) is 0 Å². The van der Waals surface area contributed by atoms with Crippen molar-refractivity contribution in [2.24, 2.45) is 5.92 Å². The molecule has 150 valence electrons. The van der Waals surface area contributed by atoms with Gasteiger partial charge in [-0.25, -0.2) is 4.79 Å². The fourth-order valence-corrected chi connectivity index (χ4v) is 3.57. The number of benzene rings is 2. The smallest absolute Gasteiger partial charge is 0.273 e. The second-order valence-corrected chi connectivity index (χ2v) is 7.21. The Morgan fingerprint density at radius 2 is 1.10 bits per heavy atom. The molecule has 0 saturated carbocycles. The van der Waals surface area contributed by atoms with Crippen LogP contribution < -0.4 is 0 Å². The standard InChI is InChI=1S/C24H21N3O3/c28-22-21(15-18-11-13-25-14-12-18)23(29)27(17-20-9-5-2-6-10-20)24(30)26(22)16-19-7-3-1-4-8-19/h1-14,21H,15-17H2. The van der Waals surface area contributed by atoms with E-state index in [1.807, 2.05) is 60.7 Å². The fraction of sp³-hybridized carbons (Fsp3) is 0.167. The van der Waals surface area contributed by atoms with Crippen LogP contribution in [0.1, 0.15) is 16.7 Å². The summed E-state index contributed by atoms with van der Waals surface area (Å²) in [7, 11) is 0. The Hall–Kier alpha value is -3.80. The normalized spacial score (nSPS) is 15.0. The van der Waals surface area contributed by atoms with Gasteiger partial charge in [-0.2, -0.15) is 0 Å². The second kappa shape index (κ2) is 8.69. The molecule has 0 bridgehead atoms. The van der Waals surface area contributed by atoms with E-state index in [0.29, 0.717) is 0 Å². The van der Waals surface area contributed by atoms with E-state index in [1.165, 1.54) is 9.80 Å². The Labute approximate surface area is 174 Å². The molecular weight excluding hydrogens is 378 g/mol. The van der Waals surface area contributed by atoms with Gasteiger partial charge in [0.05, 0.1) is 13.1 Å². The third kappa shape index (κ3) is 4.12. The summed E-state index contributed by atoms with van der Waals surface area (Å²) in [6.45, 7) is 0.258. The SMILES string of the molecule is O=C1C(Cc2ccncc2)C(=O)N(Cc2ccccc2)C(=O)N1Cc1ccccc1. The van der Waals surface area contributed by atoms with E-state index in [4.69, 9.17) is 0 Å². The fourth-order valence-electron chi connectivity index (χ4n) is 3.57. The summed E-state index contributed by atoms with van der Waals surface area (Å²) in [5.74, 6) is -1.87. The minimum Gasteiger partial charge on any atom is -0.273 e. The molecule has 1 aliphatic rings. The molecule has 30 heavy (non-hydrogen) atoms. The van der Waals surface area contributed by atoms with Crippen molar-refractivity contribution in [2.45, 2.75) is 19.5 Å². The number of carbonyl (C=O) groups is 3.